The molecule has 1 fully saturated rings. The van der Waals surface area contributed by atoms with E-state index < -0.39 is 0 Å². The zero-order valence-corrected chi connectivity index (χ0v) is 22.4. The number of pyridine rings is 2. The number of amides is 3. The Bertz CT molecular complexity index is 1190. The van der Waals surface area contributed by atoms with E-state index in [1.807, 2.05) is 13.2 Å². The van der Waals surface area contributed by atoms with Crippen molar-refractivity contribution in [2.45, 2.75) is 45.3 Å². The summed E-state index contributed by atoms with van der Waals surface area (Å²) in [6, 6.07) is 5.55. The lowest BCUT2D eigenvalue weighted by Gasteiger charge is -2.30. The van der Waals surface area contributed by atoms with Crippen molar-refractivity contribution in [2.24, 2.45) is 0 Å². The van der Waals surface area contributed by atoms with E-state index in [4.69, 9.17) is 9.72 Å². The molecule has 0 bridgehead atoms. The number of hydrogen-bond donors (Lipinski definition) is 2. The molecule has 0 aromatic carbocycles. The molecule has 4 heterocycles. The van der Waals surface area contributed by atoms with Gasteiger partial charge >= 0.3 is 6.03 Å². The van der Waals surface area contributed by atoms with E-state index in [0.717, 1.165) is 48.3 Å². The number of likely N-dealkylation sites (N-methyl/N-ethyl adjacent to an activating group) is 1. The van der Waals surface area contributed by atoms with Crippen LogP contribution >= 0.6 is 11.8 Å². The first-order valence-corrected chi connectivity index (χ1v) is 13.9. The lowest BCUT2D eigenvalue weighted by Crippen LogP contribution is -2.40. The van der Waals surface area contributed by atoms with Crippen LogP contribution in [0.3, 0.4) is 0 Å². The molecule has 0 aliphatic carbocycles. The van der Waals surface area contributed by atoms with E-state index in [1.54, 1.807) is 34.7 Å². The van der Waals surface area contributed by atoms with Crippen molar-refractivity contribution in [3.05, 3.63) is 40.7 Å². The molecule has 37 heavy (non-hydrogen) atoms. The average molecular weight is 524 g/mol. The topological polar surface area (TPSA) is 123 Å². The maximum atomic E-state index is 13.2. The standard InChI is InChI=1S/C26H33N7O3S/c1-17-19(16-32(2)25(34)22-7-5-10-36-22)12-18-6-4-9-33(24(18)30-17)26(35)31-23-13-21(28-8-11-37-3)20(14-27)15-29-23/h12-13,15,22H,4-11,16H2,1-3H3,(H2,28,29,31,35)/t22-/m0/s1. The molecule has 2 aliphatic rings. The van der Waals surface area contributed by atoms with Crippen molar-refractivity contribution in [1.29, 1.82) is 5.26 Å². The number of urea groups is 1. The van der Waals surface area contributed by atoms with Gasteiger partial charge in [-0.2, -0.15) is 17.0 Å². The summed E-state index contributed by atoms with van der Waals surface area (Å²) < 4.78 is 5.54. The van der Waals surface area contributed by atoms with Crippen molar-refractivity contribution in [1.82, 2.24) is 14.9 Å². The van der Waals surface area contributed by atoms with Gasteiger partial charge in [0.05, 0.1) is 11.3 Å². The van der Waals surface area contributed by atoms with Crippen molar-refractivity contribution in [3.8, 4) is 6.07 Å². The van der Waals surface area contributed by atoms with Gasteiger partial charge in [-0.3, -0.25) is 15.0 Å². The number of ether oxygens (including phenoxy) is 1. The molecule has 1 saturated heterocycles. The van der Waals surface area contributed by atoms with Crippen LogP contribution in [0, 0.1) is 18.3 Å². The largest absolute Gasteiger partial charge is 0.383 e. The Morgan fingerprint density at radius 3 is 2.92 bits per heavy atom. The van der Waals surface area contributed by atoms with Crippen LogP contribution in [-0.2, 0) is 22.5 Å². The molecular formula is C26H33N7O3S. The number of nitrogens with one attached hydrogen (secondary N) is 2. The van der Waals surface area contributed by atoms with Crippen molar-refractivity contribution >= 4 is 41.0 Å². The highest BCUT2D eigenvalue weighted by molar-refractivity contribution is 7.98. The average Bonchev–Trinajstić information content (AvgIpc) is 3.44. The normalized spacial score (nSPS) is 16.6. The molecule has 2 aromatic heterocycles. The summed E-state index contributed by atoms with van der Waals surface area (Å²) >= 11 is 1.70. The smallest absolute Gasteiger partial charge is 0.328 e. The Kier molecular flexibility index (Phi) is 8.84. The molecule has 0 saturated carbocycles. The van der Waals surface area contributed by atoms with Crippen LogP contribution in [-0.4, -0.2) is 71.7 Å². The first-order chi connectivity index (χ1) is 17.9. The fourth-order valence-corrected chi connectivity index (χ4v) is 4.87. The second-order valence-electron chi connectivity index (χ2n) is 9.24. The van der Waals surface area contributed by atoms with Crippen LogP contribution in [0.1, 0.15) is 41.6 Å². The maximum absolute atomic E-state index is 13.2. The van der Waals surface area contributed by atoms with Crippen molar-refractivity contribution < 1.29 is 14.3 Å². The zero-order valence-electron chi connectivity index (χ0n) is 21.5. The molecule has 2 N–H and O–H groups in total. The molecular weight excluding hydrogens is 490 g/mol. The van der Waals surface area contributed by atoms with E-state index >= 15 is 0 Å². The Morgan fingerprint density at radius 2 is 2.19 bits per heavy atom. The summed E-state index contributed by atoms with van der Waals surface area (Å²) in [4.78, 5) is 38.3. The molecule has 2 aliphatic heterocycles. The van der Waals surface area contributed by atoms with Crippen LogP contribution in [0.15, 0.2) is 18.3 Å². The predicted molar refractivity (Wildman–Crippen MR) is 145 cm³/mol. The lowest BCUT2D eigenvalue weighted by atomic mass is 10.0. The highest BCUT2D eigenvalue weighted by Gasteiger charge is 2.29. The van der Waals surface area contributed by atoms with Gasteiger partial charge < -0.3 is 15.0 Å². The molecule has 11 heteroatoms. The predicted octanol–water partition coefficient (Wildman–Crippen LogP) is 3.55. The third kappa shape index (κ3) is 6.32. The van der Waals surface area contributed by atoms with E-state index in [2.05, 4.69) is 27.8 Å². The lowest BCUT2D eigenvalue weighted by molar-refractivity contribution is -0.140. The second kappa shape index (κ2) is 12.3. The number of rotatable bonds is 8. The quantitative estimate of drug-likeness (QED) is 0.504. The van der Waals surface area contributed by atoms with Gasteiger partial charge in [0, 0.05) is 57.0 Å². The molecule has 0 spiro atoms. The van der Waals surface area contributed by atoms with E-state index in [0.29, 0.717) is 49.1 Å². The molecule has 1 atom stereocenters. The van der Waals surface area contributed by atoms with Crippen LogP contribution in [0.4, 0.5) is 22.1 Å². The summed E-state index contributed by atoms with van der Waals surface area (Å²) in [6.45, 7) is 4.22. The fraction of sp³-hybridized carbons (Fsp3) is 0.500. The summed E-state index contributed by atoms with van der Waals surface area (Å²) in [6.07, 6.45) is 6.41. The number of fused-ring (bicyclic) bond motifs is 1. The number of aromatic nitrogens is 2. The van der Waals surface area contributed by atoms with Crippen molar-refractivity contribution in [3.63, 3.8) is 0 Å². The fourth-order valence-electron chi connectivity index (χ4n) is 4.57. The SMILES string of the molecule is CSCCNc1cc(NC(=O)N2CCCc3cc(CN(C)C(=O)[C@@H]4CCCO4)c(C)nc32)ncc1C#N. The van der Waals surface area contributed by atoms with Gasteiger partial charge in [0.2, 0.25) is 0 Å². The number of nitrogens with zero attached hydrogens (tertiary/aromatic N) is 5. The minimum atomic E-state index is -0.354. The van der Waals surface area contributed by atoms with Gasteiger partial charge in [-0.15, -0.1) is 0 Å². The monoisotopic (exact) mass is 523 g/mol. The van der Waals surface area contributed by atoms with E-state index in [1.165, 1.54) is 6.20 Å². The van der Waals surface area contributed by atoms with Gasteiger partial charge in [0.25, 0.3) is 5.91 Å². The van der Waals surface area contributed by atoms with Gasteiger partial charge in [0.15, 0.2) is 0 Å². The van der Waals surface area contributed by atoms with Crippen LogP contribution in [0.5, 0.6) is 0 Å². The Balaban J connectivity index is 1.48. The number of nitriles is 1. The third-order valence-corrected chi connectivity index (χ3v) is 7.18. The number of thioether (sulfide) groups is 1. The third-order valence-electron chi connectivity index (χ3n) is 6.57. The van der Waals surface area contributed by atoms with Gasteiger partial charge in [-0.25, -0.2) is 14.8 Å². The summed E-state index contributed by atoms with van der Waals surface area (Å²) in [7, 11) is 1.79. The molecule has 0 unspecified atom stereocenters. The number of aryl methyl sites for hydroxylation is 2. The molecule has 4 rings (SSSR count). The maximum Gasteiger partial charge on any atom is 0.328 e. The minimum Gasteiger partial charge on any atom is -0.383 e. The van der Waals surface area contributed by atoms with Gasteiger partial charge in [-0.05, 0) is 56.1 Å². The highest BCUT2D eigenvalue weighted by Crippen LogP contribution is 2.29. The first kappa shape index (κ1) is 26.7. The number of carbonyl (C=O) groups is 2. The number of carbonyl (C=O) groups excluding carboxylic acids is 2. The summed E-state index contributed by atoms with van der Waals surface area (Å²) in [5, 5.41) is 15.5. The Hall–Kier alpha value is -3.36. The minimum absolute atomic E-state index is 0.00662. The molecule has 10 nitrogen and oxygen atoms in total. The van der Waals surface area contributed by atoms with Crippen LogP contribution < -0.4 is 15.5 Å². The summed E-state index contributed by atoms with van der Waals surface area (Å²) in [5.41, 5.74) is 3.79. The van der Waals surface area contributed by atoms with Crippen LogP contribution in [0.25, 0.3) is 0 Å². The number of anilines is 3. The molecule has 2 aromatic rings. The van der Waals surface area contributed by atoms with Gasteiger partial charge in [0.1, 0.15) is 23.8 Å². The molecule has 196 valence electrons. The zero-order chi connectivity index (χ0) is 26.4. The number of hydrogen-bond acceptors (Lipinski definition) is 8. The molecule has 3 amide bonds. The van der Waals surface area contributed by atoms with Crippen molar-refractivity contribution in [2.75, 3.05) is 54.3 Å². The van der Waals surface area contributed by atoms with E-state index in [9.17, 15) is 14.9 Å². The first-order valence-electron chi connectivity index (χ1n) is 12.5. The van der Waals surface area contributed by atoms with E-state index in [-0.39, 0.29) is 18.0 Å². The molecule has 0 radical (unpaired) electrons. The summed E-state index contributed by atoms with van der Waals surface area (Å²) in [5.74, 6) is 1.88. The second-order valence-corrected chi connectivity index (χ2v) is 10.2. The Morgan fingerprint density at radius 1 is 1.35 bits per heavy atom. The van der Waals surface area contributed by atoms with Crippen LogP contribution in [0.2, 0.25) is 0 Å². The Labute approximate surface area is 221 Å². The van der Waals surface area contributed by atoms with Gasteiger partial charge in [-0.1, -0.05) is 0 Å². The highest BCUT2D eigenvalue weighted by atomic mass is 32.2.